The molecule has 0 radical (unpaired) electrons. The van der Waals surface area contributed by atoms with Crippen LogP contribution in [0.25, 0.3) is 0 Å². The molecule has 0 aliphatic rings. The maximum absolute atomic E-state index is 12.0. The molecule has 0 saturated carbocycles. The number of carbonyl (C=O) groups is 1. The van der Waals surface area contributed by atoms with Crippen molar-refractivity contribution < 1.29 is 22.7 Å². The number of carboxylic acids is 1. The molecule has 0 spiro atoms. The Kier molecular flexibility index (Phi) is 7.25. The summed E-state index contributed by atoms with van der Waals surface area (Å²) >= 11 is 5.95. The Bertz CT molecular complexity index is 847. The van der Waals surface area contributed by atoms with Crippen LogP contribution in [-0.2, 0) is 22.9 Å². The van der Waals surface area contributed by atoms with Gasteiger partial charge in [-0.05, 0) is 49.1 Å². The van der Waals surface area contributed by atoms with E-state index in [2.05, 4.69) is 0 Å². The zero-order valence-corrected chi connectivity index (χ0v) is 16.1. The van der Waals surface area contributed by atoms with Gasteiger partial charge in [0.2, 0.25) is 15.8 Å². The lowest BCUT2D eigenvalue weighted by molar-refractivity contribution is 0.0660. The first-order valence-corrected chi connectivity index (χ1v) is 10.5. The Labute approximate surface area is 158 Å². The molecule has 0 atom stereocenters. The minimum Gasteiger partial charge on any atom is -0.475 e. The Hall–Kier alpha value is -1.83. The van der Waals surface area contributed by atoms with E-state index in [0.717, 1.165) is 12.0 Å². The summed E-state index contributed by atoms with van der Waals surface area (Å²) in [6.07, 6.45) is 3.66. The van der Waals surface area contributed by atoms with Crippen LogP contribution < -0.4 is 0 Å². The monoisotopic (exact) mass is 399 g/mol. The van der Waals surface area contributed by atoms with Crippen LogP contribution in [0.3, 0.4) is 0 Å². The number of hydrogen-bond acceptors (Lipinski definition) is 4. The summed E-state index contributed by atoms with van der Waals surface area (Å²) in [6, 6.07) is 10.5. The normalized spacial score (nSPS) is 11.8. The molecule has 1 aromatic heterocycles. The van der Waals surface area contributed by atoms with Crippen LogP contribution >= 0.6 is 11.6 Å². The lowest BCUT2D eigenvalue weighted by atomic mass is 10.1. The Morgan fingerprint density at radius 3 is 2.42 bits per heavy atom. The minimum atomic E-state index is -3.31. The predicted octanol–water partition coefficient (Wildman–Crippen LogP) is 3.46. The SMILES string of the molecule is CS(=O)(=O)N(CCCc1cccc(Cl)c1)CCCc1ccc(C(=O)O)o1. The lowest BCUT2D eigenvalue weighted by Crippen LogP contribution is -2.32. The molecule has 1 heterocycles. The van der Waals surface area contributed by atoms with Gasteiger partial charge in [-0.3, -0.25) is 0 Å². The number of aromatic carboxylic acids is 1. The zero-order valence-electron chi connectivity index (χ0n) is 14.5. The molecule has 0 fully saturated rings. The van der Waals surface area contributed by atoms with E-state index < -0.39 is 16.0 Å². The van der Waals surface area contributed by atoms with E-state index in [4.69, 9.17) is 21.1 Å². The van der Waals surface area contributed by atoms with E-state index in [0.29, 0.717) is 43.1 Å². The fraction of sp³-hybridized carbons (Fsp3) is 0.389. The molecule has 6 nitrogen and oxygen atoms in total. The highest BCUT2D eigenvalue weighted by Gasteiger charge is 2.16. The van der Waals surface area contributed by atoms with Crippen molar-refractivity contribution in [1.82, 2.24) is 4.31 Å². The smallest absolute Gasteiger partial charge is 0.371 e. The number of aryl methyl sites for hydroxylation is 2. The highest BCUT2D eigenvalue weighted by atomic mass is 35.5. The van der Waals surface area contributed by atoms with Crippen molar-refractivity contribution in [2.24, 2.45) is 0 Å². The van der Waals surface area contributed by atoms with E-state index in [9.17, 15) is 13.2 Å². The van der Waals surface area contributed by atoms with Crippen molar-refractivity contribution in [2.45, 2.75) is 25.7 Å². The molecule has 2 aromatic rings. The molecule has 142 valence electrons. The number of sulfonamides is 1. The van der Waals surface area contributed by atoms with Gasteiger partial charge < -0.3 is 9.52 Å². The largest absolute Gasteiger partial charge is 0.475 e. The second kappa shape index (κ2) is 9.21. The Balaban J connectivity index is 1.84. The number of rotatable bonds is 10. The van der Waals surface area contributed by atoms with Gasteiger partial charge in [0, 0.05) is 24.5 Å². The van der Waals surface area contributed by atoms with Crippen molar-refractivity contribution in [3.8, 4) is 0 Å². The number of benzene rings is 1. The van der Waals surface area contributed by atoms with Crippen LogP contribution in [0.2, 0.25) is 5.02 Å². The zero-order chi connectivity index (χ0) is 19.2. The summed E-state index contributed by atoms with van der Waals surface area (Å²) in [5, 5.41) is 9.51. The first-order valence-electron chi connectivity index (χ1n) is 8.27. The quantitative estimate of drug-likeness (QED) is 0.661. The molecule has 0 aliphatic carbocycles. The van der Waals surface area contributed by atoms with Crippen LogP contribution in [0.1, 0.15) is 34.7 Å². The predicted molar refractivity (Wildman–Crippen MR) is 100 cm³/mol. The van der Waals surface area contributed by atoms with E-state index in [-0.39, 0.29) is 5.76 Å². The van der Waals surface area contributed by atoms with Crippen LogP contribution in [0.5, 0.6) is 0 Å². The molecule has 8 heteroatoms. The molecule has 0 amide bonds. The van der Waals surface area contributed by atoms with E-state index in [1.807, 2.05) is 18.2 Å². The summed E-state index contributed by atoms with van der Waals surface area (Å²) in [4.78, 5) is 10.8. The van der Waals surface area contributed by atoms with Gasteiger partial charge in [-0.1, -0.05) is 23.7 Å². The third-order valence-corrected chi connectivity index (χ3v) is 5.47. The molecule has 0 bridgehead atoms. The summed E-state index contributed by atoms with van der Waals surface area (Å²) in [7, 11) is -3.31. The minimum absolute atomic E-state index is 0.110. The van der Waals surface area contributed by atoms with Gasteiger partial charge in [-0.2, -0.15) is 0 Å². The number of nitrogens with zero attached hydrogens (tertiary/aromatic N) is 1. The molecule has 0 aliphatic heterocycles. The average molecular weight is 400 g/mol. The molecule has 1 aromatic carbocycles. The molecule has 1 N–H and O–H groups in total. The number of carboxylic acid groups (broad SMARTS) is 1. The highest BCUT2D eigenvalue weighted by Crippen LogP contribution is 2.14. The van der Waals surface area contributed by atoms with Crippen molar-refractivity contribution in [1.29, 1.82) is 0 Å². The summed E-state index contributed by atoms with van der Waals surface area (Å²) < 4.78 is 30.6. The maximum atomic E-state index is 12.0. The second-order valence-electron chi connectivity index (χ2n) is 6.07. The topological polar surface area (TPSA) is 87.8 Å². The molecule has 2 rings (SSSR count). The molecule has 0 saturated heterocycles. The van der Waals surface area contributed by atoms with Crippen LogP contribution in [0, 0.1) is 0 Å². The first-order chi connectivity index (χ1) is 12.3. The number of halogens is 1. The third-order valence-electron chi connectivity index (χ3n) is 3.93. The van der Waals surface area contributed by atoms with E-state index in [1.165, 1.54) is 16.6 Å². The fourth-order valence-electron chi connectivity index (χ4n) is 2.65. The molecular weight excluding hydrogens is 378 g/mol. The highest BCUT2D eigenvalue weighted by molar-refractivity contribution is 7.88. The summed E-state index contributed by atoms with van der Waals surface area (Å²) in [5.41, 5.74) is 1.07. The molecule has 26 heavy (non-hydrogen) atoms. The molecular formula is C18H22ClNO5S. The van der Waals surface area contributed by atoms with Crippen molar-refractivity contribution in [3.05, 3.63) is 58.5 Å². The van der Waals surface area contributed by atoms with Gasteiger partial charge in [0.15, 0.2) is 0 Å². The number of furan rings is 1. The van der Waals surface area contributed by atoms with Crippen molar-refractivity contribution >= 4 is 27.6 Å². The van der Waals surface area contributed by atoms with Crippen LogP contribution in [0.15, 0.2) is 40.8 Å². The fourth-order valence-corrected chi connectivity index (χ4v) is 3.79. The third kappa shape index (κ3) is 6.48. The first kappa shape index (κ1) is 20.5. The molecule has 0 unspecified atom stereocenters. The van der Waals surface area contributed by atoms with Gasteiger partial charge in [0.05, 0.1) is 6.26 Å². The van der Waals surface area contributed by atoms with Crippen molar-refractivity contribution in [2.75, 3.05) is 19.3 Å². The van der Waals surface area contributed by atoms with Gasteiger partial charge in [0.1, 0.15) is 5.76 Å². The number of hydrogen-bond donors (Lipinski definition) is 1. The lowest BCUT2D eigenvalue weighted by Gasteiger charge is -2.19. The Morgan fingerprint density at radius 2 is 1.85 bits per heavy atom. The van der Waals surface area contributed by atoms with Crippen LogP contribution in [-0.4, -0.2) is 43.1 Å². The van der Waals surface area contributed by atoms with Gasteiger partial charge >= 0.3 is 5.97 Å². The van der Waals surface area contributed by atoms with Crippen LogP contribution in [0.4, 0.5) is 0 Å². The average Bonchev–Trinajstić information content (AvgIpc) is 3.02. The van der Waals surface area contributed by atoms with Crippen molar-refractivity contribution in [3.63, 3.8) is 0 Å². The Morgan fingerprint density at radius 1 is 1.15 bits per heavy atom. The summed E-state index contributed by atoms with van der Waals surface area (Å²) in [5.74, 6) is -0.689. The maximum Gasteiger partial charge on any atom is 0.371 e. The van der Waals surface area contributed by atoms with E-state index >= 15 is 0 Å². The van der Waals surface area contributed by atoms with Gasteiger partial charge in [-0.15, -0.1) is 0 Å². The standard InChI is InChI=1S/C18H22ClNO5S/c1-26(23,24)20(11-3-6-14-5-2-7-15(19)13-14)12-4-8-16-9-10-17(25-16)18(21)22/h2,5,7,9-10,13H,3-4,6,8,11-12H2,1H3,(H,21,22). The van der Waals surface area contributed by atoms with Gasteiger partial charge in [0.25, 0.3) is 0 Å². The van der Waals surface area contributed by atoms with Gasteiger partial charge in [-0.25, -0.2) is 17.5 Å². The van der Waals surface area contributed by atoms with E-state index in [1.54, 1.807) is 12.1 Å². The second-order valence-corrected chi connectivity index (χ2v) is 8.49. The summed E-state index contributed by atoms with van der Waals surface area (Å²) in [6.45, 7) is 0.779.